The van der Waals surface area contributed by atoms with Gasteiger partial charge in [0.05, 0.1) is 5.92 Å². The minimum absolute atomic E-state index is 0.159. The molecule has 0 bridgehead atoms. The van der Waals surface area contributed by atoms with Crippen molar-refractivity contribution in [3.05, 3.63) is 48.3 Å². The van der Waals surface area contributed by atoms with Crippen LogP contribution in [0.15, 0.2) is 42.7 Å². The average molecular weight is 230 g/mol. The van der Waals surface area contributed by atoms with Crippen LogP contribution in [-0.4, -0.2) is 22.4 Å². The molecule has 1 amide bonds. The summed E-state index contributed by atoms with van der Waals surface area (Å²) in [5.41, 5.74) is 6.55. The Bertz CT molecular complexity index is 467. The monoisotopic (exact) mass is 230 g/mol. The van der Waals surface area contributed by atoms with Gasteiger partial charge in [0, 0.05) is 18.9 Å². The first kappa shape index (κ1) is 11.3. The lowest BCUT2D eigenvalue weighted by molar-refractivity contribution is -0.117. The molecule has 4 N–H and O–H groups in total. The molecule has 5 nitrogen and oxygen atoms in total. The summed E-state index contributed by atoms with van der Waals surface area (Å²) in [5, 5.41) is 2.69. The highest BCUT2D eigenvalue weighted by atomic mass is 16.2. The maximum absolute atomic E-state index is 12.0. The molecule has 1 heterocycles. The average Bonchev–Trinajstić information content (AvgIpc) is 2.84. The quantitative estimate of drug-likeness (QED) is 0.735. The minimum Gasteiger partial charge on any atom is -0.331 e. The summed E-state index contributed by atoms with van der Waals surface area (Å²) in [5.74, 6) is -0.0840. The van der Waals surface area contributed by atoms with Crippen molar-refractivity contribution in [1.29, 1.82) is 0 Å². The molecule has 1 aromatic heterocycles. The Balaban J connectivity index is 2.11. The largest absolute Gasteiger partial charge is 0.331 e. The van der Waals surface area contributed by atoms with E-state index in [1.807, 2.05) is 30.3 Å². The number of carbonyl (C=O) groups is 1. The Kier molecular flexibility index (Phi) is 3.52. The van der Waals surface area contributed by atoms with Crippen LogP contribution in [-0.2, 0) is 4.79 Å². The molecule has 0 aliphatic rings. The van der Waals surface area contributed by atoms with Crippen molar-refractivity contribution in [3.63, 3.8) is 0 Å². The molecule has 88 valence electrons. The molecule has 0 aliphatic carbocycles. The van der Waals surface area contributed by atoms with Gasteiger partial charge in [0.25, 0.3) is 0 Å². The molecule has 0 aliphatic heterocycles. The maximum atomic E-state index is 12.0. The third-order valence-corrected chi connectivity index (χ3v) is 2.49. The summed E-state index contributed by atoms with van der Waals surface area (Å²) < 4.78 is 0. The molecule has 0 spiro atoms. The molecule has 1 aromatic carbocycles. The second-order valence-electron chi connectivity index (χ2n) is 3.63. The highest BCUT2D eigenvalue weighted by molar-refractivity contribution is 5.94. The van der Waals surface area contributed by atoms with Gasteiger partial charge in [0.2, 0.25) is 11.9 Å². The minimum atomic E-state index is -0.360. The standard InChI is InChI=1S/C12H14N4O/c13-8-10(9-4-2-1-3-5-9)11(17)16-12-14-6-7-15-12/h1-7,10H,8,13H2,(H2,14,15,16,17). The van der Waals surface area contributed by atoms with Crippen LogP contribution in [0.1, 0.15) is 11.5 Å². The summed E-state index contributed by atoms with van der Waals surface area (Å²) >= 11 is 0. The second-order valence-corrected chi connectivity index (χ2v) is 3.63. The Labute approximate surface area is 99.1 Å². The fraction of sp³-hybridized carbons (Fsp3) is 0.167. The van der Waals surface area contributed by atoms with E-state index < -0.39 is 0 Å². The van der Waals surface area contributed by atoms with Crippen LogP contribution < -0.4 is 11.1 Å². The van der Waals surface area contributed by atoms with Crippen molar-refractivity contribution in [1.82, 2.24) is 9.97 Å². The first-order chi connectivity index (χ1) is 8.31. The lowest BCUT2D eigenvalue weighted by atomic mass is 9.98. The van der Waals surface area contributed by atoms with Crippen LogP contribution in [0.3, 0.4) is 0 Å². The van der Waals surface area contributed by atoms with E-state index in [2.05, 4.69) is 15.3 Å². The predicted octanol–water partition coefficient (Wildman–Crippen LogP) is 1.09. The SMILES string of the molecule is NCC(C(=O)Nc1ncc[nH]1)c1ccccc1. The molecular weight excluding hydrogens is 216 g/mol. The predicted molar refractivity (Wildman–Crippen MR) is 65.5 cm³/mol. The summed E-state index contributed by atoms with van der Waals surface area (Å²) in [6, 6.07) is 9.45. The second kappa shape index (κ2) is 5.27. The van der Waals surface area contributed by atoms with Crippen LogP contribution in [0.2, 0.25) is 0 Å². The molecule has 5 heteroatoms. The number of nitrogens with two attached hydrogens (primary N) is 1. The Morgan fingerprint density at radius 3 is 2.76 bits per heavy atom. The van der Waals surface area contributed by atoms with E-state index in [0.29, 0.717) is 5.95 Å². The number of H-pyrrole nitrogens is 1. The normalized spacial score (nSPS) is 12.1. The van der Waals surface area contributed by atoms with Crippen molar-refractivity contribution < 1.29 is 4.79 Å². The van der Waals surface area contributed by atoms with E-state index in [4.69, 9.17) is 5.73 Å². The Morgan fingerprint density at radius 2 is 2.18 bits per heavy atom. The van der Waals surface area contributed by atoms with Gasteiger partial charge >= 0.3 is 0 Å². The number of carbonyl (C=O) groups excluding carboxylic acids is 1. The zero-order valence-electron chi connectivity index (χ0n) is 9.26. The van der Waals surface area contributed by atoms with Crippen molar-refractivity contribution in [3.8, 4) is 0 Å². The molecule has 1 unspecified atom stereocenters. The molecule has 2 aromatic rings. The van der Waals surface area contributed by atoms with Gasteiger partial charge in [-0.3, -0.25) is 10.1 Å². The highest BCUT2D eigenvalue weighted by Crippen LogP contribution is 2.15. The van der Waals surface area contributed by atoms with Crippen molar-refractivity contribution in [2.75, 3.05) is 11.9 Å². The topological polar surface area (TPSA) is 83.8 Å². The van der Waals surface area contributed by atoms with Crippen molar-refractivity contribution >= 4 is 11.9 Å². The number of imidazole rings is 1. The van der Waals surface area contributed by atoms with Crippen LogP contribution in [0.4, 0.5) is 5.95 Å². The van der Waals surface area contributed by atoms with Gasteiger partial charge in [-0.05, 0) is 5.56 Å². The molecule has 17 heavy (non-hydrogen) atoms. The third kappa shape index (κ3) is 2.70. The number of aromatic nitrogens is 2. The number of hydrogen-bond acceptors (Lipinski definition) is 3. The molecule has 0 saturated carbocycles. The fourth-order valence-corrected chi connectivity index (χ4v) is 1.62. The lowest BCUT2D eigenvalue weighted by Gasteiger charge is -2.13. The number of amides is 1. The van der Waals surface area contributed by atoms with Crippen molar-refractivity contribution in [2.24, 2.45) is 5.73 Å². The summed E-state index contributed by atoms with van der Waals surface area (Å²) in [6.07, 6.45) is 3.23. The highest BCUT2D eigenvalue weighted by Gasteiger charge is 2.19. The molecule has 2 rings (SSSR count). The zero-order chi connectivity index (χ0) is 12.1. The maximum Gasteiger partial charge on any atom is 0.235 e. The number of hydrogen-bond donors (Lipinski definition) is 3. The molecule has 0 radical (unpaired) electrons. The number of nitrogens with one attached hydrogen (secondary N) is 2. The molecular formula is C12H14N4O. The smallest absolute Gasteiger partial charge is 0.235 e. The van der Waals surface area contributed by atoms with E-state index >= 15 is 0 Å². The van der Waals surface area contributed by atoms with Gasteiger partial charge in [-0.1, -0.05) is 30.3 Å². The van der Waals surface area contributed by atoms with Crippen LogP contribution in [0, 0.1) is 0 Å². The first-order valence-electron chi connectivity index (χ1n) is 5.36. The van der Waals surface area contributed by atoms with Crippen LogP contribution in [0.25, 0.3) is 0 Å². The first-order valence-corrected chi connectivity index (χ1v) is 5.36. The van der Waals surface area contributed by atoms with E-state index in [1.165, 1.54) is 0 Å². The lowest BCUT2D eigenvalue weighted by Crippen LogP contribution is -2.27. The summed E-state index contributed by atoms with van der Waals surface area (Å²) in [4.78, 5) is 18.7. The van der Waals surface area contributed by atoms with Gasteiger partial charge in [-0.2, -0.15) is 0 Å². The van der Waals surface area contributed by atoms with Gasteiger partial charge in [0.1, 0.15) is 0 Å². The van der Waals surface area contributed by atoms with Crippen LogP contribution >= 0.6 is 0 Å². The van der Waals surface area contributed by atoms with Gasteiger partial charge in [-0.15, -0.1) is 0 Å². The Hall–Kier alpha value is -2.14. The number of nitrogens with zero attached hydrogens (tertiary/aromatic N) is 1. The van der Waals surface area contributed by atoms with Gasteiger partial charge < -0.3 is 10.7 Å². The summed E-state index contributed by atoms with van der Waals surface area (Å²) in [7, 11) is 0. The number of benzene rings is 1. The van der Waals surface area contributed by atoms with Crippen LogP contribution in [0.5, 0.6) is 0 Å². The zero-order valence-corrected chi connectivity index (χ0v) is 9.26. The van der Waals surface area contributed by atoms with E-state index in [1.54, 1.807) is 12.4 Å². The number of rotatable bonds is 4. The fourth-order valence-electron chi connectivity index (χ4n) is 1.62. The molecule has 0 saturated heterocycles. The number of anilines is 1. The van der Waals surface area contributed by atoms with E-state index in [9.17, 15) is 4.79 Å². The third-order valence-electron chi connectivity index (χ3n) is 2.49. The van der Waals surface area contributed by atoms with E-state index in [-0.39, 0.29) is 18.4 Å². The number of aromatic amines is 1. The molecule has 1 atom stereocenters. The Morgan fingerprint density at radius 1 is 1.41 bits per heavy atom. The van der Waals surface area contributed by atoms with E-state index in [0.717, 1.165) is 5.56 Å². The summed E-state index contributed by atoms with van der Waals surface area (Å²) in [6.45, 7) is 0.260. The van der Waals surface area contributed by atoms with Gasteiger partial charge in [0.15, 0.2) is 0 Å². The van der Waals surface area contributed by atoms with Crippen molar-refractivity contribution in [2.45, 2.75) is 5.92 Å². The van der Waals surface area contributed by atoms with Gasteiger partial charge in [-0.25, -0.2) is 4.98 Å². The molecule has 0 fully saturated rings.